The molecule has 29 heavy (non-hydrogen) atoms. The average Bonchev–Trinajstić information content (AvgIpc) is 3.17. The number of rotatable bonds is 3. The molecule has 0 radical (unpaired) electrons. The van der Waals surface area contributed by atoms with Gasteiger partial charge in [0.2, 0.25) is 18.6 Å². The van der Waals surface area contributed by atoms with Crippen molar-refractivity contribution in [2.75, 3.05) is 13.4 Å². The molecule has 10 heteroatoms. The molecule has 1 aromatic carbocycles. The maximum absolute atomic E-state index is 13.0. The van der Waals surface area contributed by atoms with Crippen LogP contribution in [0.2, 0.25) is 0 Å². The summed E-state index contributed by atoms with van der Waals surface area (Å²) in [6.07, 6.45) is 0. The van der Waals surface area contributed by atoms with Crippen molar-refractivity contribution in [1.29, 1.82) is 0 Å². The lowest BCUT2D eigenvalue weighted by atomic mass is 9.84. The van der Waals surface area contributed by atoms with Crippen LogP contribution in [-0.4, -0.2) is 28.5 Å². The quantitative estimate of drug-likeness (QED) is 0.717. The van der Waals surface area contributed by atoms with Gasteiger partial charge in [0, 0.05) is 14.1 Å². The highest BCUT2D eigenvalue weighted by molar-refractivity contribution is 5.92. The standard InChI is InChI=1S/C19H19N3O7/c1-4-26-18(24)13-12(9-5-6-10-11(7-9)28-8-27-10)14-16(23)21(2)19(25)22(3)17(14)29-15(13)20/h5-7,12H,4,8,20H2,1-3H3/t12-/m1/s1. The van der Waals surface area contributed by atoms with E-state index in [9.17, 15) is 14.4 Å². The molecule has 1 atom stereocenters. The maximum Gasteiger partial charge on any atom is 0.340 e. The van der Waals surface area contributed by atoms with Crippen molar-refractivity contribution in [2.24, 2.45) is 19.8 Å². The number of fused-ring (bicyclic) bond motifs is 2. The van der Waals surface area contributed by atoms with Crippen LogP contribution in [0.5, 0.6) is 17.4 Å². The topological polar surface area (TPSA) is 124 Å². The van der Waals surface area contributed by atoms with Crippen LogP contribution in [0.3, 0.4) is 0 Å². The Bertz CT molecular complexity index is 1180. The average molecular weight is 401 g/mol. The molecule has 0 unspecified atom stereocenters. The molecule has 0 spiro atoms. The summed E-state index contributed by atoms with van der Waals surface area (Å²) < 4.78 is 23.6. The van der Waals surface area contributed by atoms with Gasteiger partial charge in [0.25, 0.3) is 5.56 Å². The minimum Gasteiger partial charge on any atom is -0.462 e. The zero-order valence-corrected chi connectivity index (χ0v) is 16.1. The Kier molecular flexibility index (Phi) is 4.33. The highest BCUT2D eigenvalue weighted by atomic mass is 16.7. The Balaban J connectivity index is 2.02. The molecular weight excluding hydrogens is 382 g/mol. The SMILES string of the molecule is CCOC(=O)C1=C(N)Oc2c(c(=O)n(C)c(=O)n2C)[C@@H]1c1ccc2c(c1)OCO2. The third kappa shape index (κ3) is 2.75. The van der Waals surface area contributed by atoms with Crippen LogP contribution in [0.15, 0.2) is 39.2 Å². The van der Waals surface area contributed by atoms with E-state index in [0.717, 1.165) is 4.57 Å². The van der Waals surface area contributed by atoms with Crippen LogP contribution < -0.4 is 31.2 Å². The van der Waals surface area contributed by atoms with E-state index in [-0.39, 0.29) is 36.3 Å². The van der Waals surface area contributed by atoms with E-state index in [1.165, 1.54) is 18.7 Å². The highest BCUT2D eigenvalue weighted by Crippen LogP contribution is 2.43. The lowest BCUT2D eigenvalue weighted by Crippen LogP contribution is -2.43. The van der Waals surface area contributed by atoms with Crippen molar-refractivity contribution >= 4 is 5.97 Å². The lowest BCUT2D eigenvalue weighted by Gasteiger charge is -2.29. The van der Waals surface area contributed by atoms with E-state index >= 15 is 0 Å². The Morgan fingerprint density at radius 3 is 2.66 bits per heavy atom. The summed E-state index contributed by atoms with van der Waals surface area (Å²) >= 11 is 0. The molecule has 2 N–H and O–H groups in total. The predicted octanol–water partition coefficient (Wildman–Crippen LogP) is 0.0704. The van der Waals surface area contributed by atoms with Gasteiger partial charge in [-0.15, -0.1) is 0 Å². The van der Waals surface area contributed by atoms with Gasteiger partial charge in [-0.3, -0.25) is 13.9 Å². The molecule has 0 amide bonds. The molecule has 1 aromatic heterocycles. The predicted molar refractivity (Wildman–Crippen MR) is 99.8 cm³/mol. The van der Waals surface area contributed by atoms with E-state index in [2.05, 4.69) is 0 Å². The molecule has 0 aliphatic carbocycles. The number of nitrogens with two attached hydrogens (primary N) is 1. The minimum absolute atomic E-state index is 0.0195. The summed E-state index contributed by atoms with van der Waals surface area (Å²) in [6.45, 7) is 1.84. The zero-order chi connectivity index (χ0) is 20.9. The van der Waals surface area contributed by atoms with Crippen molar-refractivity contribution in [3.05, 3.63) is 61.6 Å². The van der Waals surface area contributed by atoms with Crippen molar-refractivity contribution in [2.45, 2.75) is 12.8 Å². The number of aromatic nitrogens is 2. The highest BCUT2D eigenvalue weighted by Gasteiger charge is 2.40. The first kappa shape index (κ1) is 18.7. The van der Waals surface area contributed by atoms with E-state index < -0.39 is 23.1 Å². The van der Waals surface area contributed by atoms with Crippen LogP contribution >= 0.6 is 0 Å². The maximum atomic E-state index is 13.0. The molecule has 0 saturated carbocycles. The van der Waals surface area contributed by atoms with Gasteiger partial charge in [-0.1, -0.05) is 6.07 Å². The normalized spacial score (nSPS) is 17.0. The molecule has 3 heterocycles. The number of esters is 1. The Morgan fingerprint density at radius 2 is 1.93 bits per heavy atom. The molecule has 2 aliphatic heterocycles. The number of nitrogens with zero attached hydrogens (tertiary/aromatic N) is 2. The Labute approximate surface area is 164 Å². The number of hydrogen-bond donors (Lipinski definition) is 1. The number of carbonyl (C=O) groups is 1. The van der Waals surface area contributed by atoms with E-state index in [4.69, 9.17) is 24.7 Å². The smallest absolute Gasteiger partial charge is 0.340 e. The first-order valence-electron chi connectivity index (χ1n) is 8.89. The van der Waals surface area contributed by atoms with Crippen molar-refractivity contribution in [3.63, 3.8) is 0 Å². The molecule has 152 valence electrons. The van der Waals surface area contributed by atoms with E-state index in [1.54, 1.807) is 25.1 Å². The first-order valence-corrected chi connectivity index (χ1v) is 8.89. The fourth-order valence-corrected chi connectivity index (χ4v) is 3.52. The van der Waals surface area contributed by atoms with Gasteiger partial charge in [0.15, 0.2) is 11.5 Å². The van der Waals surface area contributed by atoms with Crippen LogP contribution in [0.4, 0.5) is 0 Å². The third-order valence-electron chi connectivity index (χ3n) is 4.92. The second-order valence-corrected chi connectivity index (χ2v) is 6.57. The van der Waals surface area contributed by atoms with E-state index in [1.807, 2.05) is 0 Å². The molecule has 10 nitrogen and oxygen atoms in total. The number of ether oxygens (including phenoxy) is 4. The molecule has 0 saturated heterocycles. The second-order valence-electron chi connectivity index (χ2n) is 6.57. The first-order chi connectivity index (χ1) is 13.8. The van der Waals surface area contributed by atoms with Crippen LogP contribution in [0.1, 0.15) is 24.0 Å². The summed E-state index contributed by atoms with van der Waals surface area (Å²) in [5, 5.41) is 0. The van der Waals surface area contributed by atoms with Gasteiger partial charge in [-0.2, -0.15) is 0 Å². The second kappa shape index (κ2) is 6.73. The van der Waals surface area contributed by atoms with Crippen molar-refractivity contribution in [1.82, 2.24) is 9.13 Å². The van der Waals surface area contributed by atoms with Crippen molar-refractivity contribution in [3.8, 4) is 17.4 Å². The fourth-order valence-electron chi connectivity index (χ4n) is 3.52. The van der Waals surface area contributed by atoms with Crippen LogP contribution in [0, 0.1) is 0 Å². The zero-order valence-electron chi connectivity index (χ0n) is 16.1. The van der Waals surface area contributed by atoms with Crippen molar-refractivity contribution < 1.29 is 23.7 Å². The largest absolute Gasteiger partial charge is 0.462 e. The van der Waals surface area contributed by atoms with Gasteiger partial charge in [0.05, 0.1) is 18.1 Å². The summed E-state index contributed by atoms with van der Waals surface area (Å²) in [5.41, 5.74) is 5.50. The van der Waals surface area contributed by atoms with Crippen LogP contribution in [-0.2, 0) is 23.6 Å². The summed E-state index contributed by atoms with van der Waals surface area (Å²) in [5.74, 6) is -0.872. The van der Waals surface area contributed by atoms with Crippen LogP contribution in [0.25, 0.3) is 0 Å². The summed E-state index contributed by atoms with van der Waals surface area (Å²) in [7, 11) is 2.81. The number of benzene rings is 1. The lowest BCUT2D eigenvalue weighted by molar-refractivity contribution is -0.139. The van der Waals surface area contributed by atoms with Gasteiger partial charge in [-0.25, -0.2) is 9.59 Å². The Morgan fingerprint density at radius 1 is 1.21 bits per heavy atom. The minimum atomic E-state index is -0.919. The van der Waals surface area contributed by atoms with Gasteiger partial charge >= 0.3 is 11.7 Å². The number of carbonyl (C=O) groups excluding carboxylic acids is 1. The number of hydrogen-bond acceptors (Lipinski definition) is 8. The van der Waals surface area contributed by atoms with Gasteiger partial charge in [-0.05, 0) is 24.6 Å². The summed E-state index contributed by atoms with van der Waals surface area (Å²) in [4.78, 5) is 38.1. The third-order valence-corrected chi connectivity index (χ3v) is 4.92. The molecule has 2 aromatic rings. The summed E-state index contributed by atoms with van der Waals surface area (Å²) in [6, 6.07) is 5.04. The Hall–Kier alpha value is -3.69. The molecule has 0 fully saturated rings. The van der Waals surface area contributed by atoms with Gasteiger partial charge in [0.1, 0.15) is 5.57 Å². The van der Waals surface area contributed by atoms with Gasteiger partial charge < -0.3 is 24.7 Å². The molecule has 4 rings (SSSR count). The monoisotopic (exact) mass is 401 g/mol. The fraction of sp³-hybridized carbons (Fsp3) is 0.316. The molecule has 2 aliphatic rings. The molecule has 0 bridgehead atoms. The van der Waals surface area contributed by atoms with E-state index in [0.29, 0.717) is 17.1 Å². The molecular formula is C19H19N3O7.